The molecule has 28 heavy (non-hydrogen) atoms. The van der Waals surface area contributed by atoms with Gasteiger partial charge in [-0.3, -0.25) is 9.59 Å². The molecule has 2 aromatic heterocycles. The fourth-order valence-corrected chi connectivity index (χ4v) is 3.25. The molecule has 9 heteroatoms. The smallest absolute Gasteiger partial charge is 0.291 e. The van der Waals surface area contributed by atoms with Gasteiger partial charge in [-0.15, -0.1) is 10.2 Å². The Balaban J connectivity index is 1.44. The number of thioether (sulfide) groups is 1. The number of benzene rings is 1. The molecule has 0 saturated carbocycles. The molecule has 0 saturated heterocycles. The van der Waals surface area contributed by atoms with E-state index in [-0.39, 0.29) is 29.4 Å². The minimum absolute atomic E-state index is 0.0847. The van der Waals surface area contributed by atoms with Crippen molar-refractivity contribution in [3.05, 3.63) is 60.3 Å². The molecular formula is C19H21N5O3S. The van der Waals surface area contributed by atoms with Gasteiger partial charge in [0.05, 0.1) is 12.0 Å². The molecule has 0 spiro atoms. The number of amides is 2. The minimum atomic E-state index is -0.308. The number of carbonyl (C=O) groups is 2. The largest absolute Gasteiger partial charge is 0.459 e. The summed E-state index contributed by atoms with van der Waals surface area (Å²) < 4.78 is 6.98. The van der Waals surface area contributed by atoms with E-state index in [9.17, 15) is 9.59 Å². The van der Waals surface area contributed by atoms with Gasteiger partial charge in [-0.2, -0.15) is 0 Å². The number of rotatable bonds is 8. The summed E-state index contributed by atoms with van der Waals surface area (Å²) in [6.45, 7) is 4.48. The Hall–Kier alpha value is -3.07. The lowest BCUT2D eigenvalue weighted by atomic mass is 10.2. The highest BCUT2D eigenvalue weighted by Gasteiger charge is 2.11. The third-order valence-electron chi connectivity index (χ3n) is 3.88. The molecule has 2 N–H and O–H groups in total. The average molecular weight is 399 g/mol. The van der Waals surface area contributed by atoms with Crippen molar-refractivity contribution in [2.75, 3.05) is 11.1 Å². The van der Waals surface area contributed by atoms with Gasteiger partial charge < -0.3 is 19.6 Å². The molecule has 0 aliphatic heterocycles. The van der Waals surface area contributed by atoms with Crippen LogP contribution in [-0.2, 0) is 11.3 Å². The van der Waals surface area contributed by atoms with E-state index in [1.54, 1.807) is 30.6 Å². The van der Waals surface area contributed by atoms with E-state index in [0.29, 0.717) is 12.2 Å². The van der Waals surface area contributed by atoms with Crippen molar-refractivity contribution in [1.82, 2.24) is 20.1 Å². The number of anilines is 1. The van der Waals surface area contributed by atoms with Crippen molar-refractivity contribution in [3.63, 3.8) is 0 Å². The molecule has 0 bridgehead atoms. The lowest BCUT2D eigenvalue weighted by molar-refractivity contribution is -0.118. The second-order valence-corrected chi connectivity index (χ2v) is 7.25. The maximum atomic E-state index is 12.1. The highest BCUT2D eigenvalue weighted by atomic mass is 32.2. The van der Waals surface area contributed by atoms with E-state index < -0.39 is 0 Å². The Morgan fingerprint density at radius 3 is 2.68 bits per heavy atom. The van der Waals surface area contributed by atoms with E-state index in [1.807, 2.05) is 30.5 Å². The topological polar surface area (TPSA) is 102 Å². The van der Waals surface area contributed by atoms with Gasteiger partial charge in [0.2, 0.25) is 5.91 Å². The summed E-state index contributed by atoms with van der Waals surface area (Å²) in [5.74, 6) is 0.126. The Morgan fingerprint density at radius 2 is 2.00 bits per heavy atom. The predicted octanol–water partition coefficient (Wildman–Crippen LogP) is 3.11. The first-order chi connectivity index (χ1) is 13.5. The van der Waals surface area contributed by atoms with Gasteiger partial charge in [-0.05, 0) is 43.7 Å². The van der Waals surface area contributed by atoms with Crippen LogP contribution in [0.25, 0.3) is 0 Å². The molecule has 0 aliphatic rings. The first-order valence-corrected chi connectivity index (χ1v) is 9.74. The molecule has 1 aromatic carbocycles. The molecule has 0 fully saturated rings. The van der Waals surface area contributed by atoms with Crippen molar-refractivity contribution in [1.29, 1.82) is 0 Å². The lowest BCUT2D eigenvalue weighted by Crippen LogP contribution is -2.24. The summed E-state index contributed by atoms with van der Waals surface area (Å²) in [7, 11) is 0. The van der Waals surface area contributed by atoms with Gasteiger partial charge in [0, 0.05) is 18.3 Å². The van der Waals surface area contributed by atoms with Crippen LogP contribution in [0.1, 0.15) is 36.0 Å². The fraction of sp³-hybridized carbons (Fsp3) is 0.263. The van der Waals surface area contributed by atoms with E-state index in [4.69, 9.17) is 4.42 Å². The summed E-state index contributed by atoms with van der Waals surface area (Å²) in [5.41, 5.74) is 1.58. The number of nitrogens with one attached hydrogen (secondary N) is 2. The molecule has 146 valence electrons. The quantitative estimate of drug-likeness (QED) is 0.564. The first-order valence-electron chi connectivity index (χ1n) is 8.75. The Morgan fingerprint density at radius 1 is 1.21 bits per heavy atom. The standard InChI is InChI=1S/C19H21N5O3S/c1-13(2)24-12-21-23-19(24)28-11-17(25)20-10-14-5-7-15(8-6-14)22-18(26)16-4-3-9-27-16/h3-9,12-13H,10-11H2,1-2H3,(H,20,25)(H,22,26). The van der Waals surface area contributed by atoms with Crippen LogP contribution in [0.5, 0.6) is 0 Å². The fourth-order valence-electron chi connectivity index (χ4n) is 2.38. The summed E-state index contributed by atoms with van der Waals surface area (Å²) in [6.07, 6.45) is 3.11. The van der Waals surface area contributed by atoms with Crippen molar-refractivity contribution in [2.45, 2.75) is 31.6 Å². The molecule has 2 amide bonds. The Kier molecular flexibility index (Phi) is 6.49. The average Bonchev–Trinajstić information content (AvgIpc) is 3.37. The molecule has 0 unspecified atom stereocenters. The predicted molar refractivity (Wildman–Crippen MR) is 106 cm³/mol. The number of hydrogen-bond acceptors (Lipinski definition) is 6. The summed E-state index contributed by atoms with van der Waals surface area (Å²) >= 11 is 1.35. The van der Waals surface area contributed by atoms with Crippen LogP contribution >= 0.6 is 11.8 Å². The number of nitrogens with zero attached hydrogens (tertiary/aromatic N) is 3. The van der Waals surface area contributed by atoms with Gasteiger partial charge in [0.25, 0.3) is 5.91 Å². The van der Waals surface area contributed by atoms with Crippen molar-refractivity contribution in [3.8, 4) is 0 Å². The van der Waals surface area contributed by atoms with Crippen molar-refractivity contribution < 1.29 is 14.0 Å². The third kappa shape index (κ3) is 5.23. The summed E-state index contributed by atoms with van der Waals surface area (Å²) in [4.78, 5) is 24.0. The van der Waals surface area contributed by atoms with Gasteiger partial charge >= 0.3 is 0 Å². The van der Waals surface area contributed by atoms with Crippen LogP contribution in [0.15, 0.2) is 58.6 Å². The van der Waals surface area contributed by atoms with Gasteiger partial charge in [-0.1, -0.05) is 23.9 Å². The van der Waals surface area contributed by atoms with Crippen molar-refractivity contribution >= 4 is 29.3 Å². The van der Waals surface area contributed by atoms with Crippen LogP contribution in [0.4, 0.5) is 5.69 Å². The highest BCUT2D eigenvalue weighted by molar-refractivity contribution is 7.99. The maximum Gasteiger partial charge on any atom is 0.291 e. The van der Waals surface area contributed by atoms with Crippen LogP contribution in [0.3, 0.4) is 0 Å². The van der Waals surface area contributed by atoms with Crippen LogP contribution in [-0.4, -0.2) is 32.3 Å². The molecule has 3 aromatic rings. The molecular weight excluding hydrogens is 378 g/mol. The maximum absolute atomic E-state index is 12.1. The monoisotopic (exact) mass is 399 g/mol. The zero-order chi connectivity index (χ0) is 19.9. The third-order valence-corrected chi connectivity index (χ3v) is 4.83. The minimum Gasteiger partial charge on any atom is -0.459 e. The van der Waals surface area contributed by atoms with Crippen LogP contribution < -0.4 is 10.6 Å². The summed E-state index contributed by atoms with van der Waals surface area (Å²) in [6, 6.07) is 10.8. The van der Waals surface area contributed by atoms with E-state index in [0.717, 1.165) is 10.7 Å². The number of aromatic nitrogens is 3. The Bertz CT molecular complexity index is 919. The molecule has 2 heterocycles. The van der Waals surface area contributed by atoms with E-state index in [1.165, 1.54) is 18.0 Å². The normalized spacial score (nSPS) is 10.8. The zero-order valence-electron chi connectivity index (χ0n) is 15.6. The number of carbonyl (C=O) groups excluding carboxylic acids is 2. The second kappa shape index (κ2) is 9.23. The molecule has 0 aliphatic carbocycles. The Labute approximate surface area is 166 Å². The van der Waals surface area contributed by atoms with E-state index >= 15 is 0 Å². The SMILES string of the molecule is CC(C)n1cnnc1SCC(=O)NCc1ccc(NC(=O)c2ccco2)cc1. The summed E-state index contributed by atoms with van der Waals surface area (Å²) in [5, 5.41) is 14.3. The van der Waals surface area contributed by atoms with Gasteiger partial charge in [-0.25, -0.2) is 0 Å². The molecule has 0 atom stereocenters. The second-order valence-electron chi connectivity index (χ2n) is 6.31. The molecule has 0 radical (unpaired) electrons. The van der Waals surface area contributed by atoms with Gasteiger partial charge in [0.15, 0.2) is 10.9 Å². The van der Waals surface area contributed by atoms with Crippen LogP contribution in [0, 0.1) is 0 Å². The van der Waals surface area contributed by atoms with E-state index in [2.05, 4.69) is 20.8 Å². The van der Waals surface area contributed by atoms with Crippen LogP contribution in [0.2, 0.25) is 0 Å². The van der Waals surface area contributed by atoms with Crippen molar-refractivity contribution in [2.24, 2.45) is 0 Å². The van der Waals surface area contributed by atoms with Gasteiger partial charge in [0.1, 0.15) is 6.33 Å². The molecule has 8 nitrogen and oxygen atoms in total. The number of furan rings is 1. The zero-order valence-corrected chi connectivity index (χ0v) is 16.4. The highest BCUT2D eigenvalue weighted by Crippen LogP contribution is 2.18. The molecule has 3 rings (SSSR count). The first kappa shape index (κ1) is 19.7. The lowest BCUT2D eigenvalue weighted by Gasteiger charge is -2.10. The number of hydrogen-bond donors (Lipinski definition) is 2.